The van der Waals surface area contributed by atoms with Crippen LogP contribution in [0, 0.1) is 0 Å². The molecule has 0 fully saturated rings. The average Bonchev–Trinajstić information content (AvgIpc) is 2.49. The molecular formula is C14H12Cl2N2O3S. The summed E-state index contributed by atoms with van der Waals surface area (Å²) >= 11 is 13.4. The van der Waals surface area contributed by atoms with Crippen LogP contribution >= 0.6 is 35.0 Å². The standard InChI is InChI=1S/C14H12Cl2N2O3S/c1-3-9-11(13(21-2)18-12(17-9)14(19)20)22-10-5-4-7(15)6-8(10)16/h4-6H,3H2,1-2H3,(H,19,20). The monoisotopic (exact) mass is 358 g/mol. The van der Waals surface area contributed by atoms with Crippen LogP contribution in [0.25, 0.3) is 0 Å². The topological polar surface area (TPSA) is 72.3 Å². The molecule has 1 aromatic carbocycles. The van der Waals surface area contributed by atoms with E-state index in [0.29, 0.717) is 27.1 Å². The molecule has 0 radical (unpaired) electrons. The van der Waals surface area contributed by atoms with Crippen LogP contribution in [-0.2, 0) is 6.42 Å². The van der Waals surface area contributed by atoms with E-state index in [1.54, 1.807) is 18.2 Å². The van der Waals surface area contributed by atoms with Gasteiger partial charge in [-0.05, 0) is 24.6 Å². The Hall–Kier alpha value is -1.50. The summed E-state index contributed by atoms with van der Waals surface area (Å²) in [5.74, 6) is -1.28. The maximum atomic E-state index is 11.1. The van der Waals surface area contributed by atoms with Gasteiger partial charge in [-0.25, -0.2) is 9.78 Å². The summed E-state index contributed by atoms with van der Waals surface area (Å²) in [6, 6.07) is 5.13. The summed E-state index contributed by atoms with van der Waals surface area (Å²) < 4.78 is 5.21. The highest BCUT2D eigenvalue weighted by Gasteiger charge is 2.19. The van der Waals surface area contributed by atoms with Gasteiger partial charge >= 0.3 is 5.97 Å². The van der Waals surface area contributed by atoms with Crippen molar-refractivity contribution < 1.29 is 14.6 Å². The van der Waals surface area contributed by atoms with Crippen LogP contribution in [0.15, 0.2) is 28.0 Å². The van der Waals surface area contributed by atoms with E-state index in [4.69, 9.17) is 33.0 Å². The molecule has 0 bridgehead atoms. The average molecular weight is 359 g/mol. The van der Waals surface area contributed by atoms with Crippen molar-refractivity contribution in [1.29, 1.82) is 0 Å². The number of nitrogens with zero attached hydrogens (tertiary/aromatic N) is 2. The summed E-state index contributed by atoms with van der Waals surface area (Å²) in [6.07, 6.45) is 0.534. The Morgan fingerprint density at radius 1 is 1.36 bits per heavy atom. The third-order valence-corrected chi connectivity index (χ3v) is 4.58. The van der Waals surface area contributed by atoms with E-state index in [0.717, 1.165) is 4.90 Å². The van der Waals surface area contributed by atoms with Gasteiger partial charge in [0.2, 0.25) is 11.7 Å². The Morgan fingerprint density at radius 2 is 2.09 bits per heavy atom. The molecule has 0 aliphatic carbocycles. The second-order valence-electron chi connectivity index (χ2n) is 4.17. The lowest BCUT2D eigenvalue weighted by atomic mass is 10.3. The van der Waals surface area contributed by atoms with Crippen LogP contribution in [0.4, 0.5) is 0 Å². The summed E-state index contributed by atoms with van der Waals surface area (Å²) in [4.78, 5) is 20.5. The highest BCUT2D eigenvalue weighted by atomic mass is 35.5. The number of carbonyl (C=O) groups is 1. The number of methoxy groups -OCH3 is 1. The van der Waals surface area contributed by atoms with Gasteiger partial charge < -0.3 is 9.84 Å². The minimum absolute atomic E-state index is 0.209. The molecule has 0 atom stereocenters. The number of ether oxygens (including phenoxy) is 1. The fourth-order valence-electron chi connectivity index (χ4n) is 1.72. The van der Waals surface area contributed by atoms with Gasteiger partial charge in [0.15, 0.2) is 0 Å². The number of hydrogen-bond acceptors (Lipinski definition) is 5. The lowest BCUT2D eigenvalue weighted by Crippen LogP contribution is -2.09. The molecule has 0 aliphatic heterocycles. The van der Waals surface area contributed by atoms with E-state index in [2.05, 4.69) is 9.97 Å². The molecule has 116 valence electrons. The Kier molecular flexibility index (Phi) is 5.50. The molecule has 1 heterocycles. The van der Waals surface area contributed by atoms with Crippen LogP contribution < -0.4 is 4.74 Å². The zero-order chi connectivity index (χ0) is 16.3. The molecule has 1 aromatic heterocycles. The molecular weight excluding hydrogens is 347 g/mol. The van der Waals surface area contributed by atoms with E-state index in [9.17, 15) is 4.79 Å². The van der Waals surface area contributed by atoms with Gasteiger partial charge in [-0.15, -0.1) is 0 Å². The van der Waals surface area contributed by atoms with E-state index < -0.39 is 5.97 Å². The summed E-state index contributed by atoms with van der Waals surface area (Å²) in [5, 5.41) is 10.1. The SMILES string of the molecule is CCc1nc(C(=O)O)nc(OC)c1Sc1ccc(Cl)cc1Cl. The zero-order valence-corrected chi connectivity index (χ0v) is 14.1. The summed E-state index contributed by atoms with van der Waals surface area (Å²) in [7, 11) is 1.43. The lowest BCUT2D eigenvalue weighted by Gasteiger charge is -2.12. The fourth-order valence-corrected chi connectivity index (χ4v) is 3.28. The first-order chi connectivity index (χ1) is 10.5. The van der Waals surface area contributed by atoms with Crippen molar-refractivity contribution in [1.82, 2.24) is 9.97 Å². The number of aryl methyl sites for hydroxylation is 1. The maximum Gasteiger partial charge on any atom is 0.374 e. The minimum Gasteiger partial charge on any atom is -0.480 e. The number of benzene rings is 1. The predicted octanol–water partition coefficient (Wildman–Crippen LogP) is 4.20. The Balaban J connectivity index is 2.51. The number of hydrogen-bond donors (Lipinski definition) is 1. The second-order valence-corrected chi connectivity index (χ2v) is 6.06. The lowest BCUT2D eigenvalue weighted by molar-refractivity contribution is 0.0681. The summed E-state index contributed by atoms with van der Waals surface area (Å²) in [5.41, 5.74) is 0.584. The van der Waals surface area contributed by atoms with Crippen molar-refractivity contribution in [3.8, 4) is 5.88 Å². The van der Waals surface area contributed by atoms with Crippen LogP contribution in [0.5, 0.6) is 5.88 Å². The van der Waals surface area contributed by atoms with E-state index in [-0.39, 0.29) is 11.7 Å². The Morgan fingerprint density at radius 3 is 2.64 bits per heavy atom. The predicted molar refractivity (Wildman–Crippen MR) is 85.5 cm³/mol. The largest absolute Gasteiger partial charge is 0.480 e. The van der Waals surface area contributed by atoms with Gasteiger partial charge in [-0.2, -0.15) is 4.98 Å². The molecule has 0 saturated carbocycles. The first-order valence-electron chi connectivity index (χ1n) is 6.27. The first-order valence-corrected chi connectivity index (χ1v) is 7.84. The molecule has 1 N–H and O–H groups in total. The molecule has 0 spiro atoms. The van der Waals surface area contributed by atoms with Crippen LogP contribution in [0.1, 0.15) is 23.2 Å². The molecule has 22 heavy (non-hydrogen) atoms. The number of aromatic carboxylic acids is 1. The molecule has 2 aromatic rings. The van der Waals surface area contributed by atoms with E-state index in [1.807, 2.05) is 6.92 Å². The molecule has 0 unspecified atom stereocenters. The number of rotatable bonds is 5. The smallest absolute Gasteiger partial charge is 0.374 e. The number of aromatic nitrogens is 2. The fraction of sp³-hybridized carbons (Fsp3) is 0.214. The van der Waals surface area contributed by atoms with Crippen molar-refractivity contribution in [2.45, 2.75) is 23.1 Å². The normalized spacial score (nSPS) is 10.5. The van der Waals surface area contributed by atoms with E-state index >= 15 is 0 Å². The Labute approximate surface area is 141 Å². The molecule has 0 saturated heterocycles. The van der Waals surface area contributed by atoms with Gasteiger partial charge in [0.05, 0.1) is 22.7 Å². The summed E-state index contributed by atoms with van der Waals surface area (Å²) in [6.45, 7) is 1.88. The highest BCUT2D eigenvalue weighted by molar-refractivity contribution is 7.99. The van der Waals surface area contributed by atoms with Gasteiger partial charge in [-0.3, -0.25) is 0 Å². The maximum absolute atomic E-state index is 11.1. The third-order valence-electron chi connectivity index (χ3n) is 2.73. The van der Waals surface area contributed by atoms with Gasteiger partial charge in [0, 0.05) is 9.92 Å². The molecule has 8 heteroatoms. The van der Waals surface area contributed by atoms with Crippen molar-refractivity contribution >= 4 is 40.9 Å². The van der Waals surface area contributed by atoms with Gasteiger partial charge in [0.1, 0.15) is 0 Å². The van der Waals surface area contributed by atoms with Crippen molar-refractivity contribution in [3.05, 3.63) is 39.8 Å². The molecule has 0 amide bonds. The number of halogens is 2. The highest BCUT2D eigenvalue weighted by Crippen LogP contribution is 2.40. The quantitative estimate of drug-likeness (QED) is 0.863. The Bertz CT molecular complexity index is 700. The van der Waals surface area contributed by atoms with Gasteiger partial charge in [0.25, 0.3) is 0 Å². The minimum atomic E-state index is -1.20. The number of carboxylic acid groups (broad SMARTS) is 1. The van der Waals surface area contributed by atoms with E-state index in [1.165, 1.54) is 18.9 Å². The number of carboxylic acids is 1. The van der Waals surface area contributed by atoms with Crippen molar-refractivity contribution in [2.24, 2.45) is 0 Å². The molecule has 2 rings (SSSR count). The zero-order valence-electron chi connectivity index (χ0n) is 11.8. The molecule has 0 aliphatic rings. The van der Waals surface area contributed by atoms with Gasteiger partial charge in [-0.1, -0.05) is 41.9 Å². The van der Waals surface area contributed by atoms with Crippen LogP contribution in [0.2, 0.25) is 10.0 Å². The van der Waals surface area contributed by atoms with Crippen LogP contribution in [-0.4, -0.2) is 28.2 Å². The molecule has 5 nitrogen and oxygen atoms in total. The van der Waals surface area contributed by atoms with Crippen LogP contribution in [0.3, 0.4) is 0 Å². The third kappa shape index (κ3) is 3.63. The van der Waals surface area contributed by atoms with Crippen molar-refractivity contribution in [3.63, 3.8) is 0 Å². The van der Waals surface area contributed by atoms with Crippen molar-refractivity contribution in [2.75, 3.05) is 7.11 Å². The first kappa shape index (κ1) is 16.9. The second kappa shape index (κ2) is 7.17.